The molecular formula is C14H18O2. The zero-order valence-corrected chi connectivity index (χ0v) is 9.90. The lowest BCUT2D eigenvalue weighted by Gasteiger charge is -1.97. The second-order valence-corrected chi connectivity index (χ2v) is 4.21. The molecule has 0 aliphatic heterocycles. The lowest BCUT2D eigenvalue weighted by molar-refractivity contribution is 0.474. The zero-order chi connectivity index (χ0) is 12.0. The molecule has 0 amide bonds. The maximum Gasteiger partial charge on any atom is 0.336 e. The van der Waals surface area contributed by atoms with E-state index < -0.39 is 0 Å². The van der Waals surface area contributed by atoms with Crippen LogP contribution in [0.4, 0.5) is 0 Å². The van der Waals surface area contributed by atoms with Crippen LogP contribution in [0, 0.1) is 5.92 Å². The van der Waals surface area contributed by atoms with E-state index in [0.29, 0.717) is 11.3 Å². The molecular weight excluding hydrogens is 200 g/mol. The zero-order valence-electron chi connectivity index (χ0n) is 9.90. The molecule has 0 saturated carbocycles. The standard InChI is InChI=1S/C14H18O2/c1-11(2)7-5-4-6-8-13-12(3)9-10-14(15)16-13/h4,6,8-11H,3,5,7H2,1-2H3/b6-4-,13-8+. The van der Waals surface area contributed by atoms with Gasteiger partial charge in [-0.15, -0.1) is 0 Å². The van der Waals surface area contributed by atoms with Crippen molar-refractivity contribution in [3.8, 4) is 0 Å². The summed E-state index contributed by atoms with van der Waals surface area (Å²) in [5.74, 6) is 0.711. The number of hydrogen-bond acceptors (Lipinski definition) is 2. The number of hydrogen-bond donors (Lipinski definition) is 0. The molecule has 16 heavy (non-hydrogen) atoms. The Morgan fingerprint density at radius 2 is 2.19 bits per heavy atom. The third-order valence-corrected chi connectivity index (χ3v) is 2.24. The van der Waals surface area contributed by atoms with Gasteiger partial charge < -0.3 is 4.42 Å². The molecule has 0 fully saturated rings. The van der Waals surface area contributed by atoms with Gasteiger partial charge in [0.1, 0.15) is 5.42 Å². The molecule has 0 bridgehead atoms. The average Bonchev–Trinajstić information content (AvgIpc) is 2.22. The van der Waals surface area contributed by atoms with Crippen molar-refractivity contribution in [1.29, 1.82) is 0 Å². The van der Waals surface area contributed by atoms with E-state index in [0.717, 1.165) is 11.6 Å². The summed E-state index contributed by atoms with van der Waals surface area (Å²) >= 11 is 0. The average molecular weight is 218 g/mol. The minimum atomic E-state index is -0.339. The van der Waals surface area contributed by atoms with Gasteiger partial charge in [0.15, 0.2) is 0 Å². The second kappa shape index (κ2) is 6.11. The molecule has 0 radical (unpaired) electrons. The second-order valence-electron chi connectivity index (χ2n) is 4.21. The molecule has 0 N–H and O–H groups in total. The van der Waals surface area contributed by atoms with Gasteiger partial charge in [0, 0.05) is 11.3 Å². The van der Waals surface area contributed by atoms with Crippen LogP contribution in [0.2, 0.25) is 0 Å². The van der Waals surface area contributed by atoms with Crippen LogP contribution >= 0.6 is 0 Å². The third kappa shape index (κ3) is 4.30. The molecule has 1 aromatic rings. The number of rotatable bonds is 4. The molecule has 86 valence electrons. The van der Waals surface area contributed by atoms with Crippen LogP contribution in [-0.2, 0) is 0 Å². The van der Waals surface area contributed by atoms with E-state index in [1.54, 1.807) is 12.1 Å². The summed E-state index contributed by atoms with van der Waals surface area (Å²) in [4.78, 5) is 11.0. The van der Waals surface area contributed by atoms with Gasteiger partial charge in [0.25, 0.3) is 0 Å². The highest BCUT2D eigenvalue weighted by atomic mass is 16.4. The van der Waals surface area contributed by atoms with Gasteiger partial charge in [0.2, 0.25) is 0 Å². The summed E-state index contributed by atoms with van der Waals surface area (Å²) in [6.07, 6.45) is 7.98. The topological polar surface area (TPSA) is 30.2 Å². The minimum Gasteiger partial charge on any atom is -0.423 e. The Bertz CT molecular complexity index is 506. The highest BCUT2D eigenvalue weighted by Crippen LogP contribution is 2.03. The van der Waals surface area contributed by atoms with E-state index >= 15 is 0 Å². The third-order valence-electron chi connectivity index (χ3n) is 2.24. The summed E-state index contributed by atoms with van der Waals surface area (Å²) in [6, 6.07) is 3.04. The van der Waals surface area contributed by atoms with E-state index in [-0.39, 0.29) is 5.63 Å². The van der Waals surface area contributed by atoms with Crippen LogP contribution in [0.5, 0.6) is 0 Å². The van der Waals surface area contributed by atoms with Crippen molar-refractivity contribution < 1.29 is 4.42 Å². The Morgan fingerprint density at radius 3 is 2.88 bits per heavy atom. The molecule has 1 aromatic heterocycles. The lowest BCUT2D eigenvalue weighted by Crippen LogP contribution is -2.26. The Kier molecular flexibility index (Phi) is 4.77. The summed E-state index contributed by atoms with van der Waals surface area (Å²) in [6.45, 7) is 8.18. The van der Waals surface area contributed by atoms with Crippen LogP contribution in [0.1, 0.15) is 26.7 Å². The molecule has 0 aromatic carbocycles. The van der Waals surface area contributed by atoms with E-state index in [4.69, 9.17) is 4.42 Å². The Balaban J connectivity index is 2.73. The van der Waals surface area contributed by atoms with Crippen molar-refractivity contribution in [3.63, 3.8) is 0 Å². The quantitative estimate of drug-likeness (QED) is 0.771. The van der Waals surface area contributed by atoms with Gasteiger partial charge in [-0.05, 0) is 30.9 Å². The predicted octanol–water partition coefficient (Wildman–Crippen LogP) is 1.82. The highest BCUT2D eigenvalue weighted by molar-refractivity contribution is 5.33. The SMILES string of the molecule is C=c1ccc(=O)o/c1=C/C=C\CCC(C)C. The summed E-state index contributed by atoms with van der Waals surface area (Å²) in [5, 5.41) is 0.730. The van der Waals surface area contributed by atoms with Crippen molar-refractivity contribution in [2.45, 2.75) is 26.7 Å². The van der Waals surface area contributed by atoms with Crippen LogP contribution in [0.25, 0.3) is 12.7 Å². The van der Waals surface area contributed by atoms with Crippen LogP contribution in [-0.4, -0.2) is 0 Å². The first-order valence-corrected chi connectivity index (χ1v) is 5.55. The van der Waals surface area contributed by atoms with Crippen molar-refractivity contribution in [1.82, 2.24) is 0 Å². The lowest BCUT2D eigenvalue weighted by atomic mass is 10.1. The van der Waals surface area contributed by atoms with E-state index in [9.17, 15) is 4.79 Å². The fourth-order valence-electron chi connectivity index (χ4n) is 1.28. The van der Waals surface area contributed by atoms with Gasteiger partial charge in [-0.1, -0.05) is 32.6 Å². The first-order valence-electron chi connectivity index (χ1n) is 5.55. The predicted molar refractivity (Wildman–Crippen MR) is 67.4 cm³/mol. The summed E-state index contributed by atoms with van der Waals surface area (Å²) in [5.41, 5.74) is 0.197. The Hall–Kier alpha value is -1.57. The van der Waals surface area contributed by atoms with E-state index in [1.165, 1.54) is 12.5 Å². The maximum absolute atomic E-state index is 11.0. The Morgan fingerprint density at radius 1 is 1.44 bits per heavy atom. The summed E-state index contributed by atoms with van der Waals surface area (Å²) < 4.78 is 5.01. The molecule has 0 spiro atoms. The van der Waals surface area contributed by atoms with Crippen molar-refractivity contribution >= 4 is 12.7 Å². The molecule has 0 aliphatic rings. The van der Waals surface area contributed by atoms with Crippen LogP contribution < -0.4 is 16.3 Å². The molecule has 2 nitrogen and oxygen atoms in total. The molecule has 1 rings (SSSR count). The minimum absolute atomic E-state index is 0.339. The largest absolute Gasteiger partial charge is 0.423 e. The number of allylic oxidation sites excluding steroid dienone is 2. The van der Waals surface area contributed by atoms with Crippen LogP contribution in [0.3, 0.4) is 0 Å². The molecule has 1 heterocycles. The normalized spacial score (nSPS) is 12.8. The maximum atomic E-state index is 11.0. The highest BCUT2D eigenvalue weighted by Gasteiger charge is 1.89. The first kappa shape index (κ1) is 12.5. The molecule has 0 saturated heterocycles. The monoisotopic (exact) mass is 218 g/mol. The molecule has 0 aliphatic carbocycles. The fraction of sp³-hybridized carbons (Fsp3) is 0.357. The smallest absolute Gasteiger partial charge is 0.336 e. The molecule has 0 atom stereocenters. The molecule has 2 heteroatoms. The first-order chi connectivity index (χ1) is 7.59. The van der Waals surface area contributed by atoms with Gasteiger partial charge in [0.05, 0.1) is 0 Å². The van der Waals surface area contributed by atoms with E-state index in [1.807, 2.05) is 6.08 Å². The van der Waals surface area contributed by atoms with Crippen molar-refractivity contribution in [3.05, 3.63) is 45.3 Å². The van der Waals surface area contributed by atoms with Crippen molar-refractivity contribution in [2.75, 3.05) is 0 Å². The van der Waals surface area contributed by atoms with Gasteiger partial charge in [-0.25, -0.2) is 4.79 Å². The van der Waals surface area contributed by atoms with Gasteiger partial charge in [-0.3, -0.25) is 0 Å². The molecule has 0 unspecified atom stereocenters. The fourth-order valence-corrected chi connectivity index (χ4v) is 1.28. The van der Waals surface area contributed by atoms with Crippen molar-refractivity contribution in [2.24, 2.45) is 5.92 Å². The van der Waals surface area contributed by atoms with Gasteiger partial charge in [-0.2, -0.15) is 0 Å². The van der Waals surface area contributed by atoms with Crippen LogP contribution in [0.15, 0.2) is 33.5 Å². The summed E-state index contributed by atoms with van der Waals surface area (Å²) in [7, 11) is 0. The Labute approximate surface area is 95.6 Å². The van der Waals surface area contributed by atoms with Gasteiger partial charge >= 0.3 is 5.63 Å². The van der Waals surface area contributed by atoms with E-state index in [2.05, 4.69) is 26.5 Å².